The number of nitrogens with zero attached hydrogens (tertiary/aromatic N) is 1. The van der Waals surface area contributed by atoms with Gasteiger partial charge in [-0.05, 0) is 41.8 Å². The molecule has 1 aliphatic rings. The number of hydrogen-bond acceptors (Lipinski definition) is 4. The van der Waals surface area contributed by atoms with E-state index < -0.39 is 6.09 Å². The van der Waals surface area contributed by atoms with E-state index in [4.69, 9.17) is 26.2 Å². The minimum Gasteiger partial charge on any atom is -0.492 e. The molecule has 0 radical (unpaired) electrons. The molecule has 2 amide bonds. The van der Waals surface area contributed by atoms with Gasteiger partial charge in [0.1, 0.15) is 5.75 Å². The third kappa shape index (κ3) is 5.85. The second kappa shape index (κ2) is 10.1. The van der Waals surface area contributed by atoms with E-state index in [0.29, 0.717) is 62.2 Å². The van der Waals surface area contributed by atoms with Crippen LogP contribution in [0.3, 0.4) is 0 Å². The predicted octanol–water partition coefficient (Wildman–Crippen LogP) is 3.52. The molecule has 2 aromatic carbocycles. The average Bonchev–Trinajstić information content (AvgIpc) is 2.74. The van der Waals surface area contributed by atoms with Gasteiger partial charge in [0, 0.05) is 25.2 Å². The lowest BCUT2D eigenvalue weighted by Gasteiger charge is -2.26. The number of carbonyl (C=O) groups is 2. The predicted molar refractivity (Wildman–Crippen MR) is 110 cm³/mol. The Hall–Kier alpha value is -2.77. The normalized spacial score (nSPS) is 13.8. The SMILES string of the molecule is O=C(O)NCCCOc1ccc(-c2ccc(C(=O)N3CCOCC3)cc2)cc1Cl. The lowest BCUT2D eigenvalue weighted by Crippen LogP contribution is -2.40. The van der Waals surface area contributed by atoms with Gasteiger partial charge >= 0.3 is 6.09 Å². The summed E-state index contributed by atoms with van der Waals surface area (Å²) in [6.45, 7) is 3.06. The Labute approximate surface area is 174 Å². The molecule has 2 N–H and O–H groups in total. The number of nitrogens with one attached hydrogen (secondary N) is 1. The van der Waals surface area contributed by atoms with Crippen LogP contribution in [0.4, 0.5) is 4.79 Å². The highest BCUT2D eigenvalue weighted by atomic mass is 35.5. The topological polar surface area (TPSA) is 88.1 Å². The Bertz CT molecular complexity index is 851. The molecule has 8 heteroatoms. The van der Waals surface area contributed by atoms with Crippen molar-refractivity contribution in [2.24, 2.45) is 0 Å². The molecular weight excluding hydrogens is 396 g/mol. The summed E-state index contributed by atoms with van der Waals surface area (Å²) >= 11 is 6.32. The molecule has 2 aromatic rings. The van der Waals surface area contributed by atoms with Gasteiger partial charge in [0.25, 0.3) is 5.91 Å². The molecule has 0 saturated carbocycles. The van der Waals surface area contributed by atoms with E-state index in [0.717, 1.165) is 11.1 Å². The van der Waals surface area contributed by atoms with Crippen molar-refractivity contribution in [3.05, 3.63) is 53.1 Å². The molecule has 1 saturated heterocycles. The van der Waals surface area contributed by atoms with Gasteiger partial charge in [-0.3, -0.25) is 4.79 Å². The Kier molecular flexibility index (Phi) is 7.32. The fourth-order valence-electron chi connectivity index (χ4n) is 3.00. The molecular formula is C21H23ClN2O5. The van der Waals surface area contributed by atoms with Crippen molar-refractivity contribution in [2.45, 2.75) is 6.42 Å². The molecule has 3 rings (SSSR count). The maximum absolute atomic E-state index is 12.5. The number of ether oxygens (including phenoxy) is 2. The van der Waals surface area contributed by atoms with Crippen LogP contribution in [0.15, 0.2) is 42.5 Å². The molecule has 29 heavy (non-hydrogen) atoms. The van der Waals surface area contributed by atoms with Crippen molar-refractivity contribution in [2.75, 3.05) is 39.5 Å². The van der Waals surface area contributed by atoms with Crippen molar-refractivity contribution in [1.82, 2.24) is 10.2 Å². The number of hydrogen-bond donors (Lipinski definition) is 2. The number of halogens is 1. The van der Waals surface area contributed by atoms with Crippen molar-refractivity contribution in [1.29, 1.82) is 0 Å². The van der Waals surface area contributed by atoms with Gasteiger partial charge in [0.05, 0.1) is 24.8 Å². The van der Waals surface area contributed by atoms with Crippen LogP contribution in [0, 0.1) is 0 Å². The van der Waals surface area contributed by atoms with Gasteiger partial charge < -0.3 is 24.8 Å². The van der Waals surface area contributed by atoms with Gasteiger partial charge in [-0.2, -0.15) is 0 Å². The lowest BCUT2D eigenvalue weighted by atomic mass is 10.0. The Morgan fingerprint density at radius 2 is 1.79 bits per heavy atom. The first kappa shape index (κ1) is 21.0. The van der Waals surface area contributed by atoms with Crippen molar-refractivity contribution >= 4 is 23.6 Å². The van der Waals surface area contributed by atoms with Crippen LogP contribution in [0.25, 0.3) is 11.1 Å². The van der Waals surface area contributed by atoms with E-state index in [2.05, 4.69) is 5.32 Å². The number of amides is 2. The second-order valence-electron chi connectivity index (χ2n) is 6.56. The van der Waals surface area contributed by atoms with E-state index in [1.165, 1.54) is 0 Å². The first-order chi connectivity index (χ1) is 14.0. The molecule has 7 nitrogen and oxygen atoms in total. The smallest absolute Gasteiger partial charge is 0.404 e. The quantitative estimate of drug-likeness (QED) is 0.672. The molecule has 0 unspecified atom stereocenters. The van der Waals surface area contributed by atoms with E-state index in [-0.39, 0.29) is 5.91 Å². The highest BCUT2D eigenvalue weighted by Crippen LogP contribution is 2.30. The minimum absolute atomic E-state index is 0.0130. The summed E-state index contributed by atoms with van der Waals surface area (Å²) < 4.78 is 10.9. The number of carbonyl (C=O) groups excluding carboxylic acids is 1. The number of morpholine rings is 1. The van der Waals surface area contributed by atoms with Gasteiger partial charge in [-0.15, -0.1) is 0 Å². The molecule has 0 aliphatic carbocycles. The maximum atomic E-state index is 12.5. The van der Waals surface area contributed by atoms with Crippen LogP contribution >= 0.6 is 11.6 Å². The van der Waals surface area contributed by atoms with Gasteiger partial charge in [-0.1, -0.05) is 29.8 Å². The van der Waals surface area contributed by atoms with Crippen molar-refractivity contribution in [3.63, 3.8) is 0 Å². The van der Waals surface area contributed by atoms with Crippen LogP contribution < -0.4 is 10.1 Å². The van der Waals surface area contributed by atoms with Crippen LogP contribution in [0.2, 0.25) is 5.02 Å². The molecule has 1 aliphatic heterocycles. The Balaban J connectivity index is 1.59. The van der Waals surface area contributed by atoms with Crippen molar-refractivity contribution in [3.8, 4) is 16.9 Å². The van der Waals surface area contributed by atoms with Gasteiger partial charge in [0.15, 0.2) is 0 Å². The zero-order valence-electron chi connectivity index (χ0n) is 15.9. The first-order valence-corrected chi connectivity index (χ1v) is 9.79. The summed E-state index contributed by atoms with van der Waals surface area (Å²) in [5.74, 6) is 0.559. The molecule has 0 atom stereocenters. The second-order valence-corrected chi connectivity index (χ2v) is 6.97. The molecule has 0 bridgehead atoms. The molecule has 1 heterocycles. The third-order valence-electron chi connectivity index (χ3n) is 4.55. The maximum Gasteiger partial charge on any atom is 0.404 e. The fourth-order valence-corrected chi connectivity index (χ4v) is 3.24. The standard InChI is InChI=1S/C21H23ClN2O5/c22-18-14-17(6-7-19(18)29-11-1-8-23-21(26)27)15-2-4-16(5-3-15)20(25)24-9-12-28-13-10-24/h2-7,14,23H,1,8-13H2,(H,26,27). The number of rotatable bonds is 7. The first-order valence-electron chi connectivity index (χ1n) is 9.41. The van der Waals surface area contributed by atoms with Gasteiger partial charge in [-0.25, -0.2) is 4.79 Å². The zero-order chi connectivity index (χ0) is 20.6. The highest BCUT2D eigenvalue weighted by molar-refractivity contribution is 6.32. The fraction of sp³-hybridized carbons (Fsp3) is 0.333. The molecule has 1 fully saturated rings. The summed E-state index contributed by atoms with van der Waals surface area (Å²) in [5.41, 5.74) is 2.51. The summed E-state index contributed by atoms with van der Waals surface area (Å²) in [5, 5.41) is 11.3. The van der Waals surface area contributed by atoms with E-state index in [9.17, 15) is 9.59 Å². The number of benzene rings is 2. The molecule has 0 aromatic heterocycles. The molecule has 0 spiro atoms. The summed E-state index contributed by atoms with van der Waals surface area (Å²) in [6.07, 6.45) is -0.506. The average molecular weight is 419 g/mol. The van der Waals surface area contributed by atoms with Crippen LogP contribution in [-0.4, -0.2) is 61.5 Å². The Morgan fingerprint density at radius 1 is 1.10 bits per heavy atom. The zero-order valence-corrected chi connectivity index (χ0v) is 16.7. The van der Waals surface area contributed by atoms with E-state index in [1.807, 2.05) is 36.4 Å². The van der Waals surface area contributed by atoms with E-state index >= 15 is 0 Å². The largest absolute Gasteiger partial charge is 0.492 e. The highest BCUT2D eigenvalue weighted by Gasteiger charge is 2.18. The van der Waals surface area contributed by atoms with Gasteiger partial charge in [0.2, 0.25) is 0 Å². The minimum atomic E-state index is -1.05. The van der Waals surface area contributed by atoms with Crippen LogP contribution in [0.5, 0.6) is 5.75 Å². The third-order valence-corrected chi connectivity index (χ3v) is 4.85. The van der Waals surface area contributed by atoms with Crippen LogP contribution in [0.1, 0.15) is 16.8 Å². The van der Waals surface area contributed by atoms with Crippen LogP contribution in [-0.2, 0) is 4.74 Å². The summed E-state index contributed by atoms with van der Waals surface area (Å²) in [4.78, 5) is 24.7. The lowest BCUT2D eigenvalue weighted by molar-refractivity contribution is 0.0303. The monoisotopic (exact) mass is 418 g/mol. The number of carboxylic acid groups (broad SMARTS) is 1. The van der Waals surface area contributed by atoms with E-state index in [1.54, 1.807) is 11.0 Å². The summed E-state index contributed by atoms with van der Waals surface area (Å²) in [7, 11) is 0. The van der Waals surface area contributed by atoms with Crippen molar-refractivity contribution < 1.29 is 24.2 Å². The Morgan fingerprint density at radius 3 is 2.45 bits per heavy atom. The summed E-state index contributed by atoms with van der Waals surface area (Å²) in [6, 6.07) is 12.9. The molecule has 154 valence electrons.